The first-order valence-corrected chi connectivity index (χ1v) is 6.96. The van der Waals surface area contributed by atoms with Gasteiger partial charge in [-0.15, -0.1) is 0 Å². The summed E-state index contributed by atoms with van der Waals surface area (Å²) in [5, 5.41) is 1.10. The lowest BCUT2D eigenvalue weighted by molar-refractivity contribution is 0.410. The van der Waals surface area contributed by atoms with Crippen LogP contribution in [0.2, 0.25) is 0 Å². The van der Waals surface area contributed by atoms with Crippen LogP contribution in [0.25, 0.3) is 0 Å². The van der Waals surface area contributed by atoms with E-state index in [4.69, 9.17) is 0 Å². The van der Waals surface area contributed by atoms with Gasteiger partial charge in [-0.25, -0.2) is 4.98 Å². The third kappa shape index (κ3) is 5.52. The molecule has 14 heavy (non-hydrogen) atoms. The largest absolute Gasteiger partial charge is 0.309 e. The van der Waals surface area contributed by atoms with Crippen LogP contribution in [0, 0.1) is 0 Å². The van der Waals surface area contributed by atoms with E-state index >= 15 is 0 Å². The van der Waals surface area contributed by atoms with Crippen LogP contribution >= 0.6 is 21.6 Å². The molecular weight excluding hydrogens is 212 g/mol. The molecule has 1 rings (SSSR count). The van der Waals surface area contributed by atoms with E-state index in [0.29, 0.717) is 0 Å². The number of rotatable bonds is 6. The van der Waals surface area contributed by atoms with Crippen molar-refractivity contribution in [3.63, 3.8) is 0 Å². The fourth-order valence-electron chi connectivity index (χ4n) is 0.938. The van der Waals surface area contributed by atoms with Gasteiger partial charge in [-0.3, -0.25) is 0 Å². The molecule has 0 bridgehead atoms. The van der Waals surface area contributed by atoms with Crippen molar-refractivity contribution in [2.75, 3.05) is 26.4 Å². The minimum absolute atomic E-state index is 1.10. The van der Waals surface area contributed by atoms with Crippen molar-refractivity contribution >= 4 is 21.6 Å². The second-order valence-electron chi connectivity index (χ2n) is 3.23. The van der Waals surface area contributed by atoms with Crippen molar-refractivity contribution in [3.05, 3.63) is 24.4 Å². The van der Waals surface area contributed by atoms with Crippen molar-refractivity contribution in [1.29, 1.82) is 0 Å². The summed E-state index contributed by atoms with van der Waals surface area (Å²) in [4.78, 5) is 6.46. The SMILES string of the molecule is CN(C)CCCSSc1ccccn1. The number of hydrogen-bond acceptors (Lipinski definition) is 4. The Bertz CT molecular complexity index is 239. The van der Waals surface area contributed by atoms with Crippen LogP contribution in [0.3, 0.4) is 0 Å². The number of pyridine rings is 1. The molecule has 0 aliphatic carbocycles. The second kappa shape index (κ2) is 7.15. The normalized spacial score (nSPS) is 10.8. The maximum absolute atomic E-state index is 4.24. The molecule has 0 saturated carbocycles. The van der Waals surface area contributed by atoms with E-state index in [1.807, 2.05) is 35.2 Å². The third-order valence-electron chi connectivity index (χ3n) is 1.62. The molecule has 0 aromatic carbocycles. The Morgan fingerprint density at radius 3 is 2.86 bits per heavy atom. The summed E-state index contributed by atoms with van der Waals surface area (Å²) in [6, 6.07) is 6.01. The van der Waals surface area contributed by atoms with Crippen molar-refractivity contribution in [2.24, 2.45) is 0 Å². The van der Waals surface area contributed by atoms with Crippen LogP contribution in [-0.2, 0) is 0 Å². The van der Waals surface area contributed by atoms with Gasteiger partial charge in [0.25, 0.3) is 0 Å². The molecule has 0 aliphatic rings. The number of nitrogens with zero attached hydrogens (tertiary/aromatic N) is 2. The maximum atomic E-state index is 4.24. The predicted molar refractivity (Wildman–Crippen MR) is 65.7 cm³/mol. The van der Waals surface area contributed by atoms with E-state index in [1.54, 1.807) is 10.8 Å². The summed E-state index contributed by atoms with van der Waals surface area (Å²) in [6.07, 6.45) is 3.07. The molecule has 1 aromatic rings. The topological polar surface area (TPSA) is 16.1 Å². The van der Waals surface area contributed by atoms with Gasteiger partial charge in [0.15, 0.2) is 0 Å². The Morgan fingerprint density at radius 2 is 2.21 bits per heavy atom. The second-order valence-corrected chi connectivity index (χ2v) is 5.67. The highest BCUT2D eigenvalue weighted by Gasteiger charge is 1.95. The van der Waals surface area contributed by atoms with Crippen molar-refractivity contribution in [1.82, 2.24) is 9.88 Å². The van der Waals surface area contributed by atoms with E-state index in [2.05, 4.69) is 24.0 Å². The molecule has 0 unspecified atom stereocenters. The molecule has 0 amide bonds. The summed E-state index contributed by atoms with van der Waals surface area (Å²) in [7, 11) is 7.85. The van der Waals surface area contributed by atoms with Crippen LogP contribution in [0.5, 0.6) is 0 Å². The quantitative estimate of drug-likeness (QED) is 0.549. The molecule has 2 nitrogen and oxygen atoms in total. The molecule has 0 saturated heterocycles. The molecular formula is C10H16N2S2. The van der Waals surface area contributed by atoms with Crippen molar-refractivity contribution in [3.8, 4) is 0 Å². The van der Waals surface area contributed by atoms with E-state index < -0.39 is 0 Å². The monoisotopic (exact) mass is 228 g/mol. The number of hydrogen-bond donors (Lipinski definition) is 0. The minimum atomic E-state index is 1.10. The average molecular weight is 228 g/mol. The molecule has 1 heterocycles. The zero-order chi connectivity index (χ0) is 10.2. The third-order valence-corrected chi connectivity index (χ3v) is 3.97. The first-order valence-electron chi connectivity index (χ1n) is 4.64. The van der Waals surface area contributed by atoms with Gasteiger partial charge in [-0.05, 0) is 50.0 Å². The average Bonchev–Trinajstić information content (AvgIpc) is 2.18. The van der Waals surface area contributed by atoms with Gasteiger partial charge in [-0.2, -0.15) is 0 Å². The lowest BCUT2D eigenvalue weighted by atomic mass is 10.5. The first kappa shape index (κ1) is 11.9. The van der Waals surface area contributed by atoms with Crippen molar-refractivity contribution in [2.45, 2.75) is 11.4 Å². The summed E-state index contributed by atoms with van der Waals surface area (Å²) >= 11 is 0. The van der Waals surface area contributed by atoms with Gasteiger partial charge in [0.1, 0.15) is 5.03 Å². The van der Waals surface area contributed by atoms with Crippen LogP contribution in [0.4, 0.5) is 0 Å². The molecule has 78 valence electrons. The Kier molecular flexibility index (Phi) is 6.07. The molecule has 0 radical (unpaired) electrons. The van der Waals surface area contributed by atoms with E-state index in [9.17, 15) is 0 Å². The van der Waals surface area contributed by atoms with E-state index in [0.717, 1.165) is 11.6 Å². The van der Waals surface area contributed by atoms with Gasteiger partial charge in [0.2, 0.25) is 0 Å². The lowest BCUT2D eigenvalue weighted by Crippen LogP contribution is -2.13. The Balaban J connectivity index is 2.05. The van der Waals surface area contributed by atoms with Gasteiger partial charge >= 0.3 is 0 Å². The standard InChI is InChI=1S/C10H16N2S2/c1-12(2)8-5-9-13-14-10-6-3-4-7-11-10/h3-4,6-7H,5,8-9H2,1-2H3. The highest BCUT2D eigenvalue weighted by molar-refractivity contribution is 8.76. The summed E-state index contributed by atoms with van der Waals surface area (Å²) in [5.74, 6) is 1.18. The highest BCUT2D eigenvalue weighted by atomic mass is 33.1. The summed E-state index contributed by atoms with van der Waals surface area (Å²) < 4.78 is 0. The van der Waals surface area contributed by atoms with Gasteiger partial charge in [-0.1, -0.05) is 16.9 Å². The lowest BCUT2D eigenvalue weighted by Gasteiger charge is -2.07. The Morgan fingerprint density at radius 1 is 1.36 bits per heavy atom. The van der Waals surface area contributed by atoms with Gasteiger partial charge in [0, 0.05) is 11.9 Å². The van der Waals surface area contributed by atoms with Crippen LogP contribution in [-0.4, -0.2) is 36.3 Å². The highest BCUT2D eigenvalue weighted by Crippen LogP contribution is 2.29. The number of aromatic nitrogens is 1. The fourth-order valence-corrected chi connectivity index (χ4v) is 2.89. The van der Waals surface area contributed by atoms with E-state index in [-0.39, 0.29) is 0 Å². The summed E-state index contributed by atoms with van der Waals surface area (Å²) in [5.41, 5.74) is 0. The summed E-state index contributed by atoms with van der Waals surface area (Å²) in [6.45, 7) is 1.16. The van der Waals surface area contributed by atoms with Gasteiger partial charge < -0.3 is 4.90 Å². The zero-order valence-corrected chi connectivity index (χ0v) is 10.3. The first-order chi connectivity index (χ1) is 6.79. The zero-order valence-electron chi connectivity index (χ0n) is 8.64. The molecule has 0 aliphatic heterocycles. The van der Waals surface area contributed by atoms with Crippen LogP contribution in [0.1, 0.15) is 6.42 Å². The van der Waals surface area contributed by atoms with Crippen LogP contribution < -0.4 is 0 Å². The van der Waals surface area contributed by atoms with Crippen molar-refractivity contribution < 1.29 is 0 Å². The smallest absolute Gasteiger partial charge is 0.106 e. The van der Waals surface area contributed by atoms with Crippen LogP contribution in [0.15, 0.2) is 29.4 Å². The molecule has 0 spiro atoms. The Hall–Kier alpha value is -0.190. The minimum Gasteiger partial charge on any atom is -0.309 e. The molecule has 0 N–H and O–H groups in total. The fraction of sp³-hybridized carbons (Fsp3) is 0.500. The molecule has 4 heteroatoms. The molecule has 1 aromatic heterocycles. The van der Waals surface area contributed by atoms with E-state index in [1.165, 1.54) is 12.2 Å². The molecule has 0 atom stereocenters. The maximum Gasteiger partial charge on any atom is 0.106 e. The van der Waals surface area contributed by atoms with Gasteiger partial charge in [0.05, 0.1) is 0 Å². The Labute approximate surface area is 93.9 Å². The molecule has 0 fully saturated rings. The predicted octanol–water partition coefficient (Wildman–Crippen LogP) is 2.77.